The van der Waals surface area contributed by atoms with Gasteiger partial charge in [-0.25, -0.2) is 0 Å². The lowest BCUT2D eigenvalue weighted by molar-refractivity contribution is -0.143. The van der Waals surface area contributed by atoms with Crippen molar-refractivity contribution >= 4 is 11.9 Å². The van der Waals surface area contributed by atoms with Gasteiger partial charge in [-0.2, -0.15) is 0 Å². The molecule has 1 aliphatic rings. The monoisotopic (exact) mass is 251 g/mol. The van der Waals surface area contributed by atoms with Gasteiger partial charge in [-0.1, -0.05) is 12.8 Å². The Kier molecular flexibility index (Phi) is 3.69. The molecule has 0 saturated heterocycles. The summed E-state index contributed by atoms with van der Waals surface area (Å²) in [6.45, 7) is 1.71. The number of carboxylic acid groups (broad SMARTS) is 1. The zero-order valence-electron chi connectivity index (χ0n) is 10.3. The number of hydrogen-bond acceptors (Lipinski definition) is 3. The van der Waals surface area contributed by atoms with E-state index in [1.165, 1.54) is 6.26 Å². The second-order valence-corrected chi connectivity index (χ2v) is 4.70. The van der Waals surface area contributed by atoms with E-state index in [0.717, 1.165) is 19.3 Å². The Morgan fingerprint density at radius 2 is 2.11 bits per heavy atom. The van der Waals surface area contributed by atoms with Gasteiger partial charge in [-0.15, -0.1) is 0 Å². The Morgan fingerprint density at radius 1 is 1.39 bits per heavy atom. The Hall–Kier alpha value is -1.78. The Bertz CT molecular complexity index is 452. The highest BCUT2D eigenvalue weighted by Gasteiger charge is 2.32. The van der Waals surface area contributed by atoms with Crippen LogP contribution < -0.4 is 5.32 Å². The van der Waals surface area contributed by atoms with Crippen LogP contribution in [0.1, 0.15) is 41.8 Å². The van der Waals surface area contributed by atoms with Crippen molar-refractivity contribution in [2.75, 3.05) is 0 Å². The number of carbonyl (C=O) groups excluding carboxylic acids is 1. The van der Waals surface area contributed by atoms with Crippen LogP contribution in [0.5, 0.6) is 0 Å². The summed E-state index contributed by atoms with van der Waals surface area (Å²) in [5.74, 6) is -1.01. The van der Waals surface area contributed by atoms with E-state index in [1.807, 2.05) is 0 Å². The molecule has 18 heavy (non-hydrogen) atoms. The Balaban J connectivity index is 2.05. The van der Waals surface area contributed by atoms with E-state index in [-0.39, 0.29) is 11.9 Å². The molecule has 0 radical (unpaired) electrons. The van der Waals surface area contributed by atoms with Crippen LogP contribution in [0.3, 0.4) is 0 Å². The van der Waals surface area contributed by atoms with E-state index in [0.29, 0.717) is 17.7 Å². The van der Waals surface area contributed by atoms with Crippen molar-refractivity contribution in [1.82, 2.24) is 5.32 Å². The van der Waals surface area contributed by atoms with Crippen molar-refractivity contribution in [3.05, 3.63) is 23.7 Å². The normalized spacial score (nSPS) is 23.6. The SMILES string of the molecule is Cc1occc1C(=O)NC1CCCCC1C(=O)O. The average molecular weight is 251 g/mol. The number of amides is 1. The highest BCUT2D eigenvalue weighted by atomic mass is 16.4. The van der Waals surface area contributed by atoms with Crippen LogP contribution in [0.25, 0.3) is 0 Å². The maximum atomic E-state index is 12.0. The maximum Gasteiger partial charge on any atom is 0.308 e. The van der Waals surface area contributed by atoms with Gasteiger partial charge in [0.15, 0.2) is 0 Å². The molecule has 2 rings (SSSR count). The molecule has 1 amide bonds. The average Bonchev–Trinajstić information content (AvgIpc) is 2.76. The predicted molar refractivity (Wildman–Crippen MR) is 64.3 cm³/mol. The number of furan rings is 1. The van der Waals surface area contributed by atoms with Gasteiger partial charge in [0.1, 0.15) is 5.76 Å². The van der Waals surface area contributed by atoms with Gasteiger partial charge in [0.25, 0.3) is 5.91 Å². The Morgan fingerprint density at radius 3 is 2.72 bits per heavy atom. The molecule has 2 atom stereocenters. The highest BCUT2D eigenvalue weighted by molar-refractivity contribution is 5.95. The number of aliphatic carboxylic acids is 1. The van der Waals surface area contributed by atoms with Crippen molar-refractivity contribution < 1.29 is 19.1 Å². The molecule has 0 aromatic carbocycles. The summed E-state index contributed by atoms with van der Waals surface area (Å²) in [5, 5.41) is 12.0. The molecule has 2 unspecified atom stereocenters. The standard InChI is InChI=1S/C13H17NO4/c1-8-9(6-7-18-8)12(15)14-11-5-3-2-4-10(11)13(16)17/h6-7,10-11H,2-5H2,1H3,(H,14,15)(H,16,17). The summed E-state index contributed by atoms with van der Waals surface area (Å²) in [4.78, 5) is 23.1. The maximum absolute atomic E-state index is 12.0. The quantitative estimate of drug-likeness (QED) is 0.860. The minimum Gasteiger partial charge on any atom is -0.481 e. The zero-order valence-corrected chi connectivity index (χ0v) is 10.3. The molecule has 1 fully saturated rings. The molecule has 5 nitrogen and oxygen atoms in total. The number of nitrogens with one attached hydrogen (secondary N) is 1. The molecule has 98 valence electrons. The molecule has 0 aliphatic heterocycles. The van der Waals surface area contributed by atoms with Crippen molar-refractivity contribution in [1.29, 1.82) is 0 Å². The molecular weight excluding hydrogens is 234 g/mol. The summed E-state index contributed by atoms with van der Waals surface area (Å²) in [6, 6.07) is 1.32. The van der Waals surface area contributed by atoms with Gasteiger partial charge >= 0.3 is 5.97 Å². The smallest absolute Gasteiger partial charge is 0.308 e. The van der Waals surface area contributed by atoms with Crippen molar-refractivity contribution in [3.63, 3.8) is 0 Å². The van der Waals surface area contributed by atoms with Crippen LogP contribution in [0.4, 0.5) is 0 Å². The number of rotatable bonds is 3. The predicted octanol–water partition coefficient (Wildman–Crippen LogP) is 1.96. The van der Waals surface area contributed by atoms with Crippen LogP contribution >= 0.6 is 0 Å². The van der Waals surface area contributed by atoms with Gasteiger partial charge in [0, 0.05) is 6.04 Å². The fourth-order valence-corrected chi connectivity index (χ4v) is 2.47. The first-order valence-electron chi connectivity index (χ1n) is 6.17. The van der Waals surface area contributed by atoms with E-state index >= 15 is 0 Å². The lowest BCUT2D eigenvalue weighted by Gasteiger charge is -2.29. The summed E-state index contributed by atoms with van der Waals surface area (Å²) < 4.78 is 5.07. The third-order valence-electron chi connectivity index (χ3n) is 3.50. The van der Waals surface area contributed by atoms with Gasteiger partial charge < -0.3 is 14.8 Å². The molecule has 1 aromatic heterocycles. The van der Waals surface area contributed by atoms with E-state index in [4.69, 9.17) is 9.52 Å². The minimum atomic E-state index is -0.830. The summed E-state index contributed by atoms with van der Waals surface area (Å²) in [7, 11) is 0. The van der Waals surface area contributed by atoms with Gasteiger partial charge in [0.05, 0.1) is 17.7 Å². The van der Waals surface area contributed by atoms with E-state index in [9.17, 15) is 9.59 Å². The summed E-state index contributed by atoms with van der Waals surface area (Å²) >= 11 is 0. The van der Waals surface area contributed by atoms with Gasteiger partial charge in [-0.05, 0) is 25.8 Å². The molecule has 1 aliphatic carbocycles. The summed E-state index contributed by atoms with van der Waals surface area (Å²) in [5.41, 5.74) is 0.477. The minimum absolute atomic E-state index is 0.251. The molecule has 1 saturated carbocycles. The van der Waals surface area contributed by atoms with Crippen LogP contribution in [0.15, 0.2) is 16.7 Å². The van der Waals surface area contributed by atoms with Gasteiger partial charge in [-0.3, -0.25) is 9.59 Å². The fourth-order valence-electron chi connectivity index (χ4n) is 2.47. The first-order chi connectivity index (χ1) is 8.59. The number of hydrogen-bond donors (Lipinski definition) is 2. The second-order valence-electron chi connectivity index (χ2n) is 4.70. The van der Waals surface area contributed by atoms with Crippen LogP contribution in [-0.2, 0) is 4.79 Å². The van der Waals surface area contributed by atoms with Crippen LogP contribution in [0.2, 0.25) is 0 Å². The third kappa shape index (κ3) is 2.55. The molecular formula is C13H17NO4. The van der Waals surface area contributed by atoms with Crippen molar-refractivity contribution in [2.24, 2.45) is 5.92 Å². The topological polar surface area (TPSA) is 79.5 Å². The molecule has 1 aromatic rings. The van der Waals surface area contributed by atoms with Crippen molar-refractivity contribution in [2.45, 2.75) is 38.6 Å². The van der Waals surface area contributed by atoms with Crippen LogP contribution in [0, 0.1) is 12.8 Å². The zero-order chi connectivity index (χ0) is 13.1. The van der Waals surface area contributed by atoms with Crippen LogP contribution in [-0.4, -0.2) is 23.0 Å². The number of carboxylic acids is 1. The fraction of sp³-hybridized carbons (Fsp3) is 0.538. The largest absolute Gasteiger partial charge is 0.481 e. The Labute approximate surface area is 105 Å². The number of carbonyl (C=O) groups is 2. The van der Waals surface area contributed by atoms with E-state index in [1.54, 1.807) is 13.0 Å². The van der Waals surface area contributed by atoms with E-state index < -0.39 is 11.9 Å². The van der Waals surface area contributed by atoms with Crippen molar-refractivity contribution in [3.8, 4) is 0 Å². The molecule has 0 bridgehead atoms. The third-order valence-corrected chi connectivity index (χ3v) is 3.50. The van der Waals surface area contributed by atoms with Gasteiger partial charge in [0.2, 0.25) is 0 Å². The second kappa shape index (κ2) is 5.25. The summed E-state index contributed by atoms with van der Waals surface area (Å²) in [6.07, 6.45) is 4.68. The lowest BCUT2D eigenvalue weighted by atomic mass is 9.84. The highest BCUT2D eigenvalue weighted by Crippen LogP contribution is 2.25. The first-order valence-corrected chi connectivity index (χ1v) is 6.17. The molecule has 2 N–H and O–H groups in total. The first kappa shape index (κ1) is 12.7. The molecule has 1 heterocycles. The molecule has 0 spiro atoms. The van der Waals surface area contributed by atoms with E-state index in [2.05, 4.69) is 5.32 Å². The number of aryl methyl sites for hydroxylation is 1. The lowest BCUT2D eigenvalue weighted by Crippen LogP contribution is -2.45. The molecule has 5 heteroatoms.